The summed E-state index contributed by atoms with van der Waals surface area (Å²) in [5.74, 6) is 0.829. The maximum absolute atomic E-state index is 3.90. The highest BCUT2D eigenvalue weighted by Gasteiger charge is 2.15. The van der Waals surface area contributed by atoms with Crippen molar-refractivity contribution < 1.29 is 0 Å². The molecule has 1 N–H and O–H groups in total. The molecule has 1 aliphatic rings. The van der Waals surface area contributed by atoms with Crippen LogP contribution in [0.2, 0.25) is 0 Å². The van der Waals surface area contributed by atoms with Crippen LogP contribution in [0.15, 0.2) is 11.1 Å². The van der Waals surface area contributed by atoms with Gasteiger partial charge >= 0.3 is 0 Å². The summed E-state index contributed by atoms with van der Waals surface area (Å²) in [5, 5.41) is 3.46. The SMILES string of the molecule is C=C(Br)CN(CC)CC1CCCNC1. The summed E-state index contributed by atoms with van der Waals surface area (Å²) < 4.78 is 1.09. The topological polar surface area (TPSA) is 15.3 Å². The summed E-state index contributed by atoms with van der Waals surface area (Å²) in [6, 6.07) is 0. The Morgan fingerprint density at radius 3 is 2.93 bits per heavy atom. The summed E-state index contributed by atoms with van der Waals surface area (Å²) in [4.78, 5) is 2.45. The first-order chi connectivity index (χ1) is 6.72. The van der Waals surface area contributed by atoms with Crippen LogP contribution in [-0.2, 0) is 0 Å². The largest absolute Gasteiger partial charge is 0.316 e. The number of nitrogens with zero attached hydrogens (tertiary/aromatic N) is 1. The molecular weight excluding hydrogens is 240 g/mol. The van der Waals surface area contributed by atoms with Crippen LogP contribution in [0.4, 0.5) is 0 Å². The summed E-state index contributed by atoms with van der Waals surface area (Å²) >= 11 is 3.43. The average Bonchev–Trinajstić information content (AvgIpc) is 2.17. The van der Waals surface area contributed by atoms with E-state index in [0.29, 0.717) is 0 Å². The van der Waals surface area contributed by atoms with Gasteiger partial charge in [-0.05, 0) is 38.4 Å². The van der Waals surface area contributed by atoms with E-state index in [9.17, 15) is 0 Å². The molecule has 1 heterocycles. The van der Waals surface area contributed by atoms with Gasteiger partial charge in [-0.15, -0.1) is 0 Å². The van der Waals surface area contributed by atoms with E-state index in [2.05, 4.69) is 39.6 Å². The third kappa shape index (κ3) is 4.58. The van der Waals surface area contributed by atoms with Crippen LogP contribution in [0, 0.1) is 5.92 Å². The smallest absolute Gasteiger partial charge is 0.0293 e. The number of likely N-dealkylation sites (N-methyl/N-ethyl adjacent to an activating group) is 1. The van der Waals surface area contributed by atoms with Crippen LogP contribution in [0.25, 0.3) is 0 Å². The van der Waals surface area contributed by atoms with Crippen molar-refractivity contribution in [3.63, 3.8) is 0 Å². The predicted molar refractivity (Wildman–Crippen MR) is 65.8 cm³/mol. The van der Waals surface area contributed by atoms with E-state index in [-0.39, 0.29) is 0 Å². The van der Waals surface area contributed by atoms with Gasteiger partial charge in [0.15, 0.2) is 0 Å². The highest BCUT2D eigenvalue weighted by Crippen LogP contribution is 2.13. The molecule has 0 saturated carbocycles. The van der Waals surface area contributed by atoms with Crippen molar-refractivity contribution in [2.24, 2.45) is 5.92 Å². The molecule has 1 unspecified atom stereocenters. The molecule has 1 rings (SSSR count). The third-order valence-electron chi connectivity index (χ3n) is 2.76. The first kappa shape index (κ1) is 12.2. The number of rotatable bonds is 5. The van der Waals surface area contributed by atoms with Crippen molar-refractivity contribution in [3.05, 3.63) is 11.1 Å². The highest BCUT2D eigenvalue weighted by atomic mass is 79.9. The van der Waals surface area contributed by atoms with Crippen LogP contribution in [-0.4, -0.2) is 37.6 Å². The molecule has 0 aromatic rings. The first-order valence-electron chi connectivity index (χ1n) is 5.48. The first-order valence-corrected chi connectivity index (χ1v) is 6.28. The maximum atomic E-state index is 3.90. The average molecular weight is 261 g/mol. The number of hydrogen-bond acceptors (Lipinski definition) is 2. The lowest BCUT2D eigenvalue weighted by Gasteiger charge is -2.29. The van der Waals surface area contributed by atoms with Gasteiger partial charge in [-0.25, -0.2) is 0 Å². The van der Waals surface area contributed by atoms with Crippen molar-refractivity contribution in [1.29, 1.82) is 0 Å². The Morgan fingerprint density at radius 1 is 1.64 bits per heavy atom. The number of nitrogens with one attached hydrogen (secondary N) is 1. The Bertz CT molecular complexity index is 176. The van der Waals surface area contributed by atoms with E-state index >= 15 is 0 Å². The molecular formula is C11H21BrN2. The zero-order valence-electron chi connectivity index (χ0n) is 9.06. The fraction of sp³-hybridized carbons (Fsp3) is 0.818. The van der Waals surface area contributed by atoms with Gasteiger partial charge in [-0.3, -0.25) is 4.90 Å². The van der Waals surface area contributed by atoms with Gasteiger partial charge in [-0.2, -0.15) is 0 Å². The van der Waals surface area contributed by atoms with Crippen LogP contribution in [0.1, 0.15) is 19.8 Å². The van der Waals surface area contributed by atoms with Crippen molar-refractivity contribution in [3.8, 4) is 0 Å². The Labute approximate surface area is 95.9 Å². The van der Waals surface area contributed by atoms with E-state index < -0.39 is 0 Å². The van der Waals surface area contributed by atoms with Gasteiger partial charge in [0.25, 0.3) is 0 Å². The number of piperidine rings is 1. The Morgan fingerprint density at radius 2 is 2.43 bits per heavy atom. The zero-order valence-corrected chi connectivity index (χ0v) is 10.6. The molecule has 0 aliphatic carbocycles. The number of hydrogen-bond donors (Lipinski definition) is 1. The second-order valence-corrected chi connectivity index (χ2v) is 5.18. The zero-order chi connectivity index (χ0) is 10.4. The minimum absolute atomic E-state index is 0.829. The molecule has 1 fully saturated rings. The van der Waals surface area contributed by atoms with Crippen molar-refractivity contribution in [2.75, 3.05) is 32.7 Å². The summed E-state index contributed by atoms with van der Waals surface area (Å²) in [6.45, 7) is 11.8. The van der Waals surface area contributed by atoms with E-state index in [0.717, 1.165) is 23.5 Å². The molecule has 14 heavy (non-hydrogen) atoms. The maximum Gasteiger partial charge on any atom is 0.0293 e. The molecule has 0 spiro atoms. The lowest BCUT2D eigenvalue weighted by atomic mass is 9.99. The number of halogens is 1. The Balaban J connectivity index is 2.27. The van der Waals surface area contributed by atoms with E-state index in [4.69, 9.17) is 0 Å². The molecule has 3 heteroatoms. The summed E-state index contributed by atoms with van der Waals surface area (Å²) in [6.07, 6.45) is 2.70. The van der Waals surface area contributed by atoms with Crippen molar-refractivity contribution in [2.45, 2.75) is 19.8 Å². The molecule has 0 amide bonds. The van der Waals surface area contributed by atoms with Gasteiger partial charge in [0.1, 0.15) is 0 Å². The molecule has 0 aromatic carbocycles. The molecule has 1 aliphatic heterocycles. The van der Waals surface area contributed by atoms with Crippen molar-refractivity contribution in [1.82, 2.24) is 10.2 Å². The van der Waals surface area contributed by atoms with E-state index in [1.165, 1.54) is 32.5 Å². The fourth-order valence-electron chi connectivity index (χ4n) is 1.99. The standard InChI is InChI=1S/C11H21BrN2/c1-3-14(8-10(2)12)9-11-5-4-6-13-7-11/h11,13H,2-9H2,1H3. The van der Waals surface area contributed by atoms with Crippen LogP contribution in [0.5, 0.6) is 0 Å². The second-order valence-electron chi connectivity index (χ2n) is 4.06. The molecule has 0 bridgehead atoms. The Hall–Kier alpha value is 0.140. The lowest BCUT2D eigenvalue weighted by molar-refractivity contribution is 0.233. The van der Waals surface area contributed by atoms with Gasteiger partial charge in [0.2, 0.25) is 0 Å². The van der Waals surface area contributed by atoms with E-state index in [1.54, 1.807) is 0 Å². The van der Waals surface area contributed by atoms with Crippen LogP contribution >= 0.6 is 15.9 Å². The predicted octanol–water partition coefficient (Wildman–Crippen LogP) is 2.22. The summed E-state index contributed by atoms with van der Waals surface area (Å²) in [5.41, 5.74) is 0. The summed E-state index contributed by atoms with van der Waals surface area (Å²) in [7, 11) is 0. The minimum atomic E-state index is 0.829. The van der Waals surface area contributed by atoms with Crippen LogP contribution in [0.3, 0.4) is 0 Å². The molecule has 1 atom stereocenters. The third-order valence-corrected chi connectivity index (χ3v) is 3.01. The van der Waals surface area contributed by atoms with E-state index in [1.807, 2.05) is 0 Å². The molecule has 0 aromatic heterocycles. The van der Waals surface area contributed by atoms with Gasteiger partial charge in [0.05, 0.1) is 0 Å². The van der Waals surface area contributed by atoms with Gasteiger partial charge < -0.3 is 5.32 Å². The van der Waals surface area contributed by atoms with Gasteiger partial charge in [-0.1, -0.05) is 29.4 Å². The lowest BCUT2D eigenvalue weighted by Crippen LogP contribution is -2.38. The highest BCUT2D eigenvalue weighted by molar-refractivity contribution is 9.11. The minimum Gasteiger partial charge on any atom is -0.316 e. The molecule has 0 radical (unpaired) electrons. The Kier molecular flexibility index (Phi) is 5.75. The molecule has 2 nitrogen and oxygen atoms in total. The van der Waals surface area contributed by atoms with Crippen molar-refractivity contribution >= 4 is 15.9 Å². The fourth-order valence-corrected chi connectivity index (χ4v) is 2.35. The molecule has 1 saturated heterocycles. The normalized spacial score (nSPS) is 22.6. The molecule has 82 valence electrons. The second kappa shape index (κ2) is 6.59. The monoisotopic (exact) mass is 260 g/mol. The van der Waals surface area contributed by atoms with Gasteiger partial charge in [0, 0.05) is 17.6 Å². The quantitative estimate of drug-likeness (QED) is 0.816. The van der Waals surface area contributed by atoms with Crippen LogP contribution < -0.4 is 5.32 Å².